The number of ether oxygens (including phenoxy) is 1. The van der Waals surface area contributed by atoms with Crippen molar-refractivity contribution in [2.24, 2.45) is 5.73 Å². The number of halogens is 1. The van der Waals surface area contributed by atoms with Crippen LogP contribution in [-0.2, 0) is 4.74 Å². The van der Waals surface area contributed by atoms with Crippen molar-refractivity contribution in [2.75, 3.05) is 26.8 Å². The smallest absolute Gasteiger partial charge is 0.0674 e. The Morgan fingerprint density at radius 2 is 2.41 bits per heavy atom. The van der Waals surface area contributed by atoms with Gasteiger partial charge in [-0.1, -0.05) is 0 Å². The molecular formula is C12H18BrN3O. The molecule has 1 aromatic rings. The van der Waals surface area contributed by atoms with Crippen LogP contribution >= 0.6 is 15.9 Å². The van der Waals surface area contributed by atoms with Gasteiger partial charge in [0.1, 0.15) is 0 Å². The van der Waals surface area contributed by atoms with Crippen molar-refractivity contribution in [3.63, 3.8) is 0 Å². The van der Waals surface area contributed by atoms with Gasteiger partial charge in [0.05, 0.1) is 18.3 Å². The molecule has 0 bridgehead atoms. The Morgan fingerprint density at radius 3 is 3.06 bits per heavy atom. The number of hydrogen-bond donors (Lipinski definition) is 1. The van der Waals surface area contributed by atoms with E-state index in [1.807, 2.05) is 18.3 Å². The van der Waals surface area contributed by atoms with Crippen molar-refractivity contribution in [3.8, 4) is 0 Å². The van der Waals surface area contributed by atoms with E-state index in [9.17, 15) is 0 Å². The van der Waals surface area contributed by atoms with E-state index in [-0.39, 0.29) is 12.1 Å². The Labute approximate surface area is 110 Å². The molecule has 0 aliphatic carbocycles. The van der Waals surface area contributed by atoms with Crippen LogP contribution in [0.5, 0.6) is 0 Å². The Morgan fingerprint density at radius 1 is 1.59 bits per heavy atom. The van der Waals surface area contributed by atoms with Gasteiger partial charge in [0.2, 0.25) is 0 Å². The topological polar surface area (TPSA) is 51.4 Å². The van der Waals surface area contributed by atoms with Gasteiger partial charge in [-0.15, -0.1) is 0 Å². The molecule has 0 aromatic carbocycles. The third-order valence-electron chi connectivity index (χ3n) is 3.18. The third kappa shape index (κ3) is 3.04. The standard InChI is InChI=1S/C12H18BrN3O/c1-17-7-6-16-5-4-10(14)12(16)11-3-2-9(13)8-15-11/h2-3,8,10,12H,4-7,14H2,1H3. The first kappa shape index (κ1) is 13.0. The molecule has 0 amide bonds. The lowest BCUT2D eigenvalue weighted by molar-refractivity contribution is 0.138. The minimum atomic E-state index is 0.167. The van der Waals surface area contributed by atoms with Gasteiger partial charge in [0.15, 0.2) is 0 Å². The van der Waals surface area contributed by atoms with Crippen LogP contribution in [0, 0.1) is 0 Å². The normalized spacial score (nSPS) is 25.4. The van der Waals surface area contributed by atoms with Crippen LogP contribution < -0.4 is 5.73 Å². The molecule has 0 spiro atoms. The largest absolute Gasteiger partial charge is 0.383 e. The Hall–Kier alpha value is -0.490. The summed E-state index contributed by atoms with van der Waals surface area (Å²) in [4.78, 5) is 6.81. The number of nitrogens with two attached hydrogens (primary N) is 1. The summed E-state index contributed by atoms with van der Waals surface area (Å²) in [6, 6.07) is 4.44. The first-order chi connectivity index (χ1) is 8.22. The maximum atomic E-state index is 6.18. The molecule has 2 rings (SSSR count). The van der Waals surface area contributed by atoms with Crippen LogP contribution in [0.1, 0.15) is 18.2 Å². The zero-order chi connectivity index (χ0) is 12.3. The molecule has 17 heavy (non-hydrogen) atoms. The lowest BCUT2D eigenvalue weighted by Gasteiger charge is -2.25. The van der Waals surface area contributed by atoms with Crippen LogP contribution in [0.3, 0.4) is 0 Å². The molecule has 2 N–H and O–H groups in total. The number of nitrogens with zero attached hydrogens (tertiary/aromatic N) is 2. The quantitative estimate of drug-likeness (QED) is 0.917. The highest BCUT2D eigenvalue weighted by molar-refractivity contribution is 9.10. The fourth-order valence-electron chi connectivity index (χ4n) is 2.31. The van der Waals surface area contributed by atoms with Gasteiger partial charge < -0.3 is 10.5 Å². The summed E-state index contributed by atoms with van der Waals surface area (Å²) in [6.07, 6.45) is 2.85. The number of hydrogen-bond acceptors (Lipinski definition) is 4. The number of rotatable bonds is 4. The monoisotopic (exact) mass is 299 g/mol. The number of likely N-dealkylation sites (tertiary alicyclic amines) is 1. The van der Waals surface area contributed by atoms with Gasteiger partial charge in [-0.05, 0) is 34.5 Å². The predicted molar refractivity (Wildman–Crippen MR) is 70.7 cm³/mol. The second-order valence-electron chi connectivity index (χ2n) is 4.33. The van der Waals surface area contributed by atoms with Gasteiger partial charge in [-0.2, -0.15) is 0 Å². The fourth-order valence-corrected chi connectivity index (χ4v) is 2.55. The molecule has 1 aliphatic rings. The van der Waals surface area contributed by atoms with Gasteiger partial charge in [0, 0.05) is 36.9 Å². The molecule has 2 heterocycles. The molecule has 0 saturated carbocycles. The SMILES string of the molecule is COCCN1CCC(N)C1c1ccc(Br)cn1. The zero-order valence-corrected chi connectivity index (χ0v) is 11.6. The second kappa shape index (κ2) is 5.91. The summed E-state index contributed by atoms with van der Waals surface area (Å²) in [5.41, 5.74) is 7.23. The fraction of sp³-hybridized carbons (Fsp3) is 0.583. The molecule has 5 heteroatoms. The summed E-state index contributed by atoms with van der Waals surface area (Å²) in [5.74, 6) is 0. The Bertz CT molecular complexity index is 357. The van der Waals surface area contributed by atoms with E-state index in [0.29, 0.717) is 0 Å². The van der Waals surface area contributed by atoms with Crippen LogP contribution in [-0.4, -0.2) is 42.7 Å². The van der Waals surface area contributed by atoms with Crippen molar-refractivity contribution in [1.82, 2.24) is 9.88 Å². The lowest BCUT2D eigenvalue weighted by atomic mass is 10.1. The molecule has 2 atom stereocenters. The zero-order valence-electron chi connectivity index (χ0n) is 9.97. The van der Waals surface area contributed by atoms with Gasteiger partial charge in [0.25, 0.3) is 0 Å². The molecule has 4 nitrogen and oxygen atoms in total. The highest BCUT2D eigenvalue weighted by Gasteiger charge is 2.33. The second-order valence-corrected chi connectivity index (χ2v) is 5.24. The lowest BCUT2D eigenvalue weighted by Crippen LogP contribution is -2.34. The summed E-state index contributed by atoms with van der Waals surface area (Å²) in [6.45, 7) is 2.67. The van der Waals surface area contributed by atoms with Gasteiger partial charge in [-0.25, -0.2) is 0 Å². The van der Waals surface area contributed by atoms with Crippen LogP contribution in [0.2, 0.25) is 0 Å². The minimum Gasteiger partial charge on any atom is -0.383 e. The Kier molecular flexibility index (Phi) is 4.50. The van der Waals surface area contributed by atoms with E-state index in [2.05, 4.69) is 25.8 Å². The molecule has 0 radical (unpaired) electrons. The average Bonchev–Trinajstić information content (AvgIpc) is 2.69. The first-order valence-corrected chi connectivity index (χ1v) is 6.61. The molecule has 94 valence electrons. The van der Waals surface area contributed by atoms with Crippen molar-refractivity contribution >= 4 is 15.9 Å². The third-order valence-corrected chi connectivity index (χ3v) is 3.65. The van der Waals surface area contributed by atoms with E-state index in [1.165, 1.54) is 0 Å². The number of methoxy groups -OCH3 is 1. The summed E-state index contributed by atoms with van der Waals surface area (Å²) in [7, 11) is 1.73. The summed E-state index contributed by atoms with van der Waals surface area (Å²) >= 11 is 3.40. The van der Waals surface area contributed by atoms with Crippen molar-refractivity contribution < 1.29 is 4.74 Å². The van der Waals surface area contributed by atoms with E-state index in [1.54, 1.807) is 7.11 Å². The van der Waals surface area contributed by atoms with Gasteiger partial charge >= 0.3 is 0 Å². The van der Waals surface area contributed by atoms with Crippen LogP contribution in [0.25, 0.3) is 0 Å². The maximum absolute atomic E-state index is 6.18. The van der Waals surface area contributed by atoms with Crippen LogP contribution in [0.15, 0.2) is 22.8 Å². The van der Waals surface area contributed by atoms with E-state index < -0.39 is 0 Å². The molecule has 1 aromatic heterocycles. The van der Waals surface area contributed by atoms with Crippen molar-refractivity contribution in [1.29, 1.82) is 0 Å². The summed E-state index contributed by atoms with van der Waals surface area (Å²) < 4.78 is 6.13. The molecule has 1 aliphatic heterocycles. The van der Waals surface area contributed by atoms with Crippen molar-refractivity contribution in [3.05, 3.63) is 28.5 Å². The summed E-state index contributed by atoms with van der Waals surface area (Å²) in [5, 5.41) is 0. The minimum absolute atomic E-state index is 0.167. The number of aromatic nitrogens is 1. The van der Waals surface area contributed by atoms with Crippen molar-refractivity contribution in [2.45, 2.75) is 18.5 Å². The highest BCUT2D eigenvalue weighted by atomic mass is 79.9. The highest BCUT2D eigenvalue weighted by Crippen LogP contribution is 2.29. The average molecular weight is 300 g/mol. The van der Waals surface area contributed by atoms with Gasteiger partial charge in [-0.3, -0.25) is 9.88 Å². The predicted octanol–water partition coefficient (Wildman–Crippen LogP) is 1.56. The van der Waals surface area contributed by atoms with E-state index in [4.69, 9.17) is 10.5 Å². The maximum Gasteiger partial charge on any atom is 0.0674 e. The molecular weight excluding hydrogens is 282 g/mol. The molecule has 1 saturated heterocycles. The Balaban J connectivity index is 2.12. The first-order valence-electron chi connectivity index (χ1n) is 5.82. The van der Waals surface area contributed by atoms with Crippen LogP contribution in [0.4, 0.5) is 0 Å². The molecule has 2 unspecified atom stereocenters. The van der Waals surface area contributed by atoms with E-state index in [0.717, 1.165) is 36.3 Å². The number of pyridine rings is 1. The van der Waals surface area contributed by atoms with E-state index >= 15 is 0 Å². The molecule has 1 fully saturated rings.